The predicted molar refractivity (Wildman–Crippen MR) is 101 cm³/mol. The Morgan fingerprint density at radius 2 is 2.00 bits per heavy atom. The first kappa shape index (κ1) is 17.3. The molecule has 1 aromatic heterocycles. The van der Waals surface area contributed by atoms with Gasteiger partial charge < -0.3 is 4.90 Å². The van der Waals surface area contributed by atoms with E-state index in [1.165, 1.54) is 11.1 Å². The summed E-state index contributed by atoms with van der Waals surface area (Å²) in [6, 6.07) is 10.6. The highest BCUT2D eigenvalue weighted by molar-refractivity contribution is 5.82. The topological polar surface area (TPSA) is 41.4 Å². The molecule has 2 fully saturated rings. The molecule has 0 saturated carbocycles. The highest BCUT2D eigenvalue weighted by Gasteiger charge is 2.36. The maximum Gasteiger partial charge on any atom is 0.239 e. The number of nitrogens with zero attached hydrogens (tertiary/aromatic N) is 4. The third-order valence-electron chi connectivity index (χ3n) is 5.76. The van der Waals surface area contributed by atoms with Gasteiger partial charge in [-0.25, -0.2) is 0 Å². The molecule has 0 radical (unpaired) electrons. The molecule has 0 spiro atoms. The highest BCUT2D eigenvalue weighted by atomic mass is 16.2. The van der Waals surface area contributed by atoms with Gasteiger partial charge in [0.2, 0.25) is 5.91 Å². The minimum atomic E-state index is 0.0624. The van der Waals surface area contributed by atoms with Crippen molar-refractivity contribution in [2.45, 2.75) is 38.3 Å². The second-order valence-electron chi connectivity index (χ2n) is 7.78. The van der Waals surface area contributed by atoms with Gasteiger partial charge in [0.25, 0.3) is 0 Å². The summed E-state index contributed by atoms with van der Waals surface area (Å²) in [5, 5.41) is 4.26. The molecule has 138 valence electrons. The molecule has 5 heteroatoms. The predicted octanol–water partition coefficient (Wildman–Crippen LogP) is 2.48. The van der Waals surface area contributed by atoms with Crippen LogP contribution in [-0.4, -0.2) is 51.2 Å². The van der Waals surface area contributed by atoms with E-state index in [2.05, 4.69) is 45.4 Å². The molecule has 0 N–H and O–H groups in total. The zero-order valence-corrected chi connectivity index (χ0v) is 15.6. The van der Waals surface area contributed by atoms with E-state index in [0.29, 0.717) is 11.8 Å². The number of aromatic nitrogens is 2. The van der Waals surface area contributed by atoms with Crippen molar-refractivity contribution in [1.29, 1.82) is 0 Å². The SMILES string of the molecule is Cn1cc(CC2CCN(C(=O)C3CCCN3Cc3ccccc3)C2)cn1. The number of carbonyl (C=O) groups excluding carboxylic acids is 1. The number of hydrogen-bond donors (Lipinski definition) is 0. The van der Waals surface area contributed by atoms with E-state index < -0.39 is 0 Å². The van der Waals surface area contributed by atoms with Crippen LogP contribution in [0.2, 0.25) is 0 Å². The molecule has 1 aromatic carbocycles. The molecule has 2 aromatic rings. The third kappa shape index (κ3) is 3.83. The van der Waals surface area contributed by atoms with Crippen molar-refractivity contribution in [3.8, 4) is 0 Å². The van der Waals surface area contributed by atoms with E-state index in [1.807, 2.05) is 24.0 Å². The fourth-order valence-corrected chi connectivity index (χ4v) is 4.43. The molecule has 1 amide bonds. The van der Waals surface area contributed by atoms with E-state index >= 15 is 0 Å². The van der Waals surface area contributed by atoms with Gasteiger partial charge in [0, 0.05) is 32.9 Å². The van der Waals surface area contributed by atoms with Crippen LogP contribution in [0.15, 0.2) is 42.7 Å². The van der Waals surface area contributed by atoms with Crippen LogP contribution in [-0.2, 0) is 24.8 Å². The second-order valence-corrected chi connectivity index (χ2v) is 7.78. The van der Waals surface area contributed by atoms with Gasteiger partial charge in [-0.05, 0) is 49.3 Å². The molecule has 2 aliphatic heterocycles. The third-order valence-corrected chi connectivity index (χ3v) is 5.76. The average molecular weight is 352 g/mol. The van der Waals surface area contributed by atoms with Crippen LogP contribution >= 0.6 is 0 Å². The Hall–Kier alpha value is -2.14. The van der Waals surface area contributed by atoms with Crippen molar-refractivity contribution < 1.29 is 4.79 Å². The Balaban J connectivity index is 1.34. The van der Waals surface area contributed by atoms with Gasteiger partial charge in [0.1, 0.15) is 0 Å². The summed E-state index contributed by atoms with van der Waals surface area (Å²) in [5.41, 5.74) is 2.57. The maximum atomic E-state index is 13.1. The van der Waals surface area contributed by atoms with Crippen LogP contribution in [0.4, 0.5) is 0 Å². The standard InChI is InChI=1S/C21H28N4O/c1-23-14-19(13-22-23)12-18-9-11-25(16-18)21(26)20-8-5-10-24(20)15-17-6-3-2-4-7-17/h2-4,6-7,13-14,18,20H,5,8-12,15-16H2,1H3. The molecule has 2 aliphatic rings. The van der Waals surface area contributed by atoms with Crippen LogP contribution in [0.25, 0.3) is 0 Å². The van der Waals surface area contributed by atoms with E-state index in [4.69, 9.17) is 0 Å². The Labute approximate surface area is 155 Å². The molecule has 26 heavy (non-hydrogen) atoms. The zero-order chi connectivity index (χ0) is 17.9. The molecule has 0 aliphatic carbocycles. The van der Waals surface area contributed by atoms with Gasteiger partial charge in [0.05, 0.1) is 12.2 Å². The number of likely N-dealkylation sites (tertiary alicyclic amines) is 2. The highest BCUT2D eigenvalue weighted by Crippen LogP contribution is 2.26. The fraction of sp³-hybridized carbons (Fsp3) is 0.524. The van der Waals surface area contributed by atoms with Crippen LogP contribution in [0.3, 0.4) is 0 Å². The Bertz CT molecular complexity index is 741. The average Bonchev–Trinajstić information content (AvgIpc) is 3.38. The first-order valence-electron chi connectivity index (χ1n) is 9.73. The van der Waals surface area contributed by atoms with E-state index in [9.17, 15) is 4.79 Å². The molecule has 3 heterocycles. The van der Waals surface area contributed by atoms with Gasteiger partial charge in [-0.15, -0.1) is 0 Å². The van der Waals surface area contributed by atoms with Crippen molar-refractivity contribution in [2.24, 2.45) is 13.0 Å². The van der Waals surface area contributed by atoms with Crippen molar-refractivity contribution in [2.75, 3.05) is 19.6 Å². The van der Waals surface area contributed by atoms with Crippen molar-refractivity contribution in [3.63, 3.8) is 0 Å². The molecule has 2 saturated heterocycles. The molecule has 4 rings (SSSR count). The summed E-state index contributed by atoms with van der Waals surface area (Å²) in [5.74, 6) is 0.902. The Morgan fingerprint density at radius 1 is 1.15 bits per heavy atom. The lowest BCUT2D eigenvalue weighted by molar-refractivity contribution is -0.135. The van der Waals surface area contributed by atoms with Crippen LogP contribution in [0.1, 0.15) is 30.4 Å². The lowest BCUT2D eigenvalue weighted by Gasteiger charge is -2.28. The lowest BCUT2D eigenvalue weighted by Crippen LogP contribution is -2.44. The van der Waals surface area contributed by atoms with E-state index in [0.717, 1.165) is 51.9 Å². The summed E-state index contributed by atoms with van der Waals surface area (Å²) in [4.78, 5) is 17.6. The van der Waals surface area contributed by atoms with Crippen LogP contribution in [0.5, 0.6) is 0 Å². The molecule has 2 unspecified atom stereocenters. The van der Waals surface area contributed by atoms with Crippen molar-refractivity contribution in [1.82, 2.24) is 19.6 Å². The Morgan fingerprint density at radius 3 is 2.77 bits per heavy atom. The maximum absolute atomic E-state index is 13.1. The zero-order valence-electron chi connectivity index (χ0n) is 15.6. The van der Waals surface area contributed by atoms with E-state index in [1.54, 1.807) is 0 Å². The molecular weight excluding hydrogens is 324 g/mol. The van der Waals surface area contributed by atoms with Crippen molar-refractivity contribution in [3.05, 3.63) is 53.9 Å². The number of benzene rings is 1. The molecule has 5 nitrogen and oxygen atoms in total. The largest absolute Gasteiger partial charge is 0.341 e. The van der Waals surface area contributed by atoms with Crippen LogP contribution in [0, 0.1) is 5.92 Å². The molecule has 2 atom stereocenters. The van der Waals surface area contributed by atoms with E-state index in [-0.39, 0.29) is 6.04 Å². The normalized spacial score (nSPS) is 23.7. The number of amides is 1. The molecule has 0 bridgehead atoms. The summed E-state index contributed by atoms with van der Waals surface area (Å²) in [6.07, 6.45) is 8.28. The number of hydrogen-bond acceptors (Lipinski definition) is 3. The van der Waals surface area contributed by atoms with Gasteiger partial charge in [-0.3, -0.25) is 14.4 Å². The van der Waals surface area contributed by atoms with Gasteiger partial charge in [0.15, 0.2) is 0 Å². The number of aryl methyl sites for hydroxylation is 1. The van der Waals surface area contributed by atoms with Crippen molar-refractivity contribution >= 4 is 5.91 Å². The lowest BCUT2D eigenvalue weighted by atomic mass is 10.0. The minimum absolute atomic E-state index is 0.0624. The van der Waals surface area contributed by atoms with Gasteiger partial charge >= 0.3 is 0 Å². The first-order valence-corrected chi connectivity index (χ1v) is 9.73. The Kier molecular flexibility index (Phi) is 5.07. The summed E-state index contributed by atoms with van der Waals surface area (Å²) < 4.78 is 1.85. The second kappa shape index (κ2) is 7.62. The minimum Gasteiger partial charge on any atom is -0.341 e. The molecular formula is C21H28N4O. The van der Waals surface area contributed by atoms with Gasteiger partial charge in [-0.1, -0.05) is 30.3 Å². The smallest absolute Gasteiger partial charge is 0.239 e. The monoisotopic (exact) mass is 352 g/mol. The number of rotatable bonds is 5. The summed E-state index contributed by atoms with van der Waals surface area (Å²) in [7, 11) is 1.95. The fourth-order valence-electron chi connectivity index (χ4n) is 4.43. The number of carbonyl (C=O) groups is 1. The quantitative estimate of drug-likeness (QED) is 0.830. The van der Waals surface area contributed by atoms with Crippen LogP contribution < -0.4 is 0 Å². The summed E-state index contributed by atoms with van der Waals surface area (Å²) >= 11 is 0. The van der Waals surface area contributed by atoms with Gasteiger partial charge in [-0.2, -0.15) is 5.10 Å². The summed E-state index contributed by atoms with van der Waals surface area (Å²) in [6.45, 7) is 3.70. The first-order chi connectivity index (χ1) is 12.7.